The van der Waals surface area contributed by atoms with E-state index >= 15 is 0 Å². The van der Waals surface area contributed by atoms with Crippen molar-refractivity contribution in [2.24, 2.45) is 4.99 Å². The first kappa shape index (κ1) is 17.5. The van der Waals surface area contributed by atoms with Crippen molar-refractivity contribution in [3.05, 3.63) is 18.7 Å². The molecule has 1 aromatic heterocycles. The van der Waals surface area contributed by atoms with E-state index in [-0.39, 0.29) is 11.8 Å². The van der Waals surface area contributed by atoms with Crippen LogP contribution in [0.25, 0.3) is 0 Å². The molecule has 1 atom stereocenters. The molecule has 0 saturated carbocycles. The van der Waals surface area contributed by atoms with Gasteiger partial charge >= 0.3 is 0 Å². The predicted octanol–water partition coefficient (Wildman–Crippen LogP) is 0.261. The molecule has 0 fully saturated rings. The number of aryl methyl sites for hydroxylation is 1. The van der Waals surface area contributed by atoms with Crippen LogP contribution in [0.4, 0.5) is 0 Å². The van der Waals surface area contributed by atoms with Crippen molar-refractivity contribution in [1.82, 2.24) is 20.2 Å². The minimum absolute atomic E-state index is 0.0552. The highest BCUT2D eigenvalue weighted by molar-refractivity contribution is 7.90. The summed E-state index contributed by atoms with van der Waals surface area (Å²) in [5.74, 6) is 0.875. The first-order valence-corrected chi connectivity index (χ1v) is 9.07. The van der Waals surface area contributed by atoms with Crippen molar-refractivity contribution in [3.8, 4) is 0 Å². The summed E-state index contributed by atoms with van der Waals surface area (Å²) in [6.07, 6.45) is 8.25. The zero-order valence-electron chi connectivity index (χ0n) is 12.9. The number of aromatic nitrogens is 2. The van der Waals surface area contributed by atoms with Gasteiger partial charge in [-0.3, -0.25) is 4.99 Å². The molecule has 0 saturated heterocycles. The predicted molar refractivity (Wildman–Crippen MR) is 85.1 cm³/mol. The van der Waals surface area contributed by atoms with Crippen LogP contribution in [0.15, 0.2) is 23.7 Å². The number of imidazole rings is 1. The van der Waals surface area contributed by atoms with Gasteiger partial charge in [-0.1, -0.05) is 0 Å². The molecule has 0 radical (unpaired) electrons. The number of aliphatic imine (C=N–C) groups is 1. The van der Waals surface area contributed by atoms with Gasteiger partial charge in [0.15, 0.2) is 5.96 Å². The van der Waals surface area contributed by atoms with Crippen LogP contribution in [-0.4, -0.2) is 55.6 Å². The van der Waals surface area contributed by atoms with Gasteiger partial charge in [0, 0.05) is 44.8 Å². The lowest BCUT2D eigenvalue weighted by Gasteiger charge is -2.17. The molecule has 0 aliphatic rings. The molecule has 1 aromatic rings. The Balaban J connectivity index is 2.22. The molecule has 0 aromatic carbocycles. The first-order valence-electron chi connectivity index (χ1n) is 7.01. The number of guanidine groups is 1. The average molecular weight is 315 g/mol. The monoisotopic (exact) mass is 315 g/mol. The van der Waals surface area contributed by atoms with Gasteiger partial charge < -0.3 is 15.2 Å². The fourth-order valence-corrected chi connectivity index (χ4v) is 2.56. The molecule has 0 spiro atoms. The maximum absolute atomic E-state index is 11.1. The maximum atomic E-state index is 11.1. The summed E-state index contributed by atoms with van der Waals surface area (Å²) < 4.78 is 24.3. The number of hydrogen-bond acceptors (Lipinski definition) is 4. The Hall–Kier alpha value is -1.57. The van der Waals surface area contributed by atoms with E-state index in [1.165, 1.54) is 6.26 Å². The van der Waals surface area contributed by atoms with Crippen LogP contribution in [-0.2, 0) is 16.4 Å². The Bertz CT molecular complexity index is 525. The molecule has 21 heavy (non-hydrogen) atoms. The molecule has 2 N–H and O–H groups in total. The molecule has 8 heteroatoms. The lowest BCUT2D eigenvalue weighted by atomic mass is 10.3. The van der Waals surface area contributed by atoms with Crippen LogP contribution in [0.5, 0.6) is 0 Å². The summed E-state index contributed by atoms with van der Waals surface area (Å²) in [4.78, 5) is 8.12. The van der Waals surface area contributed by atoms with E-state index in [1.807, 2.05) is 17.7 Å². The molecule has 1 unspecified atom stereocenters. The lowest BCUT2D eigenvalue weighted by Crippen LogP contribution is -2.43. The van der Waals surface area contributed by atoms with E-state index in [1.54, 1.807) is 19.6 Å². The van der Waals surface area contributed by atoms with E-state index in [0.717, 1.165) is 19.5 Å². The number of nitrogens with one attached hydrogen (secondary N) is 2. The molecule has 1 heterocycles. The molecule has 7 nitrogen and oxygen atoms in total. The highest BCUT2D eigenvalue weighted by Gasteiger charge is 2.09. The van der Waals surface area contributed by atoms with Crippen molar-refractivity contribution in [3.63, 3.8) is 0 Å². The SMILES string of the molecule is CN=C(NCCCn1ccnc1)NC(C)CCS(C)(=O)=O. The third kappa shape index (κ3) is 8.34. The third-order valence-electron chi connectivity index (χ3n) is 2.97. The number of hydrogen-bond donors (Lipinski definition) is 2. The largest absolute Gasteiger partial charge is 0.356 e. The van der Waals surface area contributed by atoms with Gasteiger partial charge in [-0.05, 0) is 19.8 Å². The lowest BCUT2D eigenvalue weighted by molar-refractivity contribution is 0.577. The molecular formula is C13H25N5O2S. The van der Waals surface area contributed by atoms with Crippen LogP contribution >= 0.6 is 0 Å². The van der Waals surface area contributed by atoms with E-state index in [0.29, 0.717) is 12.4 Å². The third-order valence-corrected chi connectivity index (χ3v) is 3.95. The number of nitrogens with zero attached hydrogens (tertiary/aromatic N) is 3. The van der Waals surface area contributed by atoms with E-state index in [9.17, 15) is 8.42 Å². The second-order valence-electron chi connectivity index (χ2n) is 5.12. The summed E-state index contributed by atoms with van der Waals surface area (Å²) in [7, 11) is -1.21. The fraction of sp³-hybridized carbons (Fsp3) is 0.692. The minimum atomic E-state index is -2.92. The summed E-state index contributed by atoms with van der Waals surface area (Å²) >= 11 is 0. The molecular weight excluding hydrogens is 290 g/mol. The second kappa shape index (κ2) is 8.66. The normalized spacial score (nSPS) is 14.0. The Morgan fingerprint density at radius 1 is 1.48 bits per heavy atom. The van der Waals surface area contributed by atoms with Gasteiger partial charge in [-0.25, -0.2) is 13.4 Å². The molecule has 0 aliphatic heterocycles. The van der Waals surface area contributed by atoms with Gasteiger partial charge in [0.05, 0.1) is 12.1 Å². The van der Waals surface area contributed by atoms with Crippen molar-refractivity contribution in [2.75, 3.05) is 25.6 Å². The van der Waals surface area contributed by atoms with Gasteiger partial charge in [0.1, 0.15) is 9.84 Å². The highest BCUT2D eigenvalue weighted by Crippen LogP contribution is 1.95. The van der Waals surface area contributed by atoms with Crippen molar-refractivity contribution < 1.29 is 8.42 Å². The van der Waals surface area contributed by atoms with Gasteiger partial charge in [-0.15, -0.1) is 0 Å². The van der Waals surface area contributed by atoms with Crippen LogP contribution in [0.1, 0.15) is 19.8 Å². The first-order chi connectivity index (χ1) is 9.90. The van der Waals surface area contributed by atoms with Gasteiger partial charge in [-0.2, -0.15) is 0 Å². The molecule has 0 amide bonds. The summed E-state index contributed by atoms with van der Waals surface area (Å²) in [5, 5.41) is 6.40. The summed E-state index contributed by atoms with van der Waals surface area (Å²) in [5.41, 5.74) is 0. The smallest absolute Gasteiger partial charge is 0.191 e. The second-order valence-corrected chi connectivity index (χ2v) is 7.38. The van der Waals surface area contributed by atoms with Crippen LogP contribution in [0, 0.1) is 0 Å². The van der Waals surface area contributed by atoms with E-state index in [4.69, 9.17) is 0 Å². The minimum Gasteiger partial charge on any atom is -0.356 e. The highest BCUT2D eigenvalue weighted by atomic mass is 32.2. The Morgan fingerprint density at radius 3 is 2.81 bits per heavy atom. The van der Waals surface area contributed by atoms with Gasteiger partial charge in [0.2, 0.25) is 0 Å². The van der Waals surface area contributed by atoms with E-state index in [2.05, 4.69) is 20.6 Å². The van der Waals surface area contributed by atoms with Crippen molar-refractivity contribution >= 4 is 15.8 Å². The van der Waals surface area contributed by atoms with Crippen molar-refractivity contribution in [1.29, 1.82) is 0 Å². The molecule has 120 valence electrons. The van der Waals surface area contributed by atoms with Crippen LogP contribution in [0.3, 0.4) is 0 Å². The Labute approximate surface area is 126 Å². The van der Waals surface area contributed by atoms with Crippen LogP contribution < -0.4 is 10.6 Å². The summed E-state index contributed by atoms with van der Waals surface area (Å²) in [6.45, 7) is 3.63. The Kier molecular flexibility index (Phi) is 7.21. The maximum Gasteiger partial charge on any atom is 0.191 e. The number of sulfone groups is 1. The zero-order valence-corrected chi connectivity index (χ0v) is 13.7. The summed E-state index contributed by atoms with van der Waals surface area (Å²) in [6, 6.07) is 0.0552. The molecule has 0 bridgehead atoms. The number of rotatable bonds is 8. The average Bonchev–Trinajstić information content (AvgIpc) is 2.92. The zero-order chi connectivity index (χ0) is 15.7. The van der Waals surface area contributed by atoms with Gasteiger partial charge in [0.25, 0.3) is 0 Å². The Morgan fingerprint density at radius 2 is 2.24 bits per heavy atom. The van der Waals surface area contributed by atoms with Crippen LogP contribution in [0.2, 0.25) is 0 Å². The van der Waals surface area contributed by atoms with E-state index < -0.39 is 9.84 Å². The standard InChI is InChI=1S/C13H25N5O2S/c1-12(5-10-21(3,19)20)17-13(14-2)16-6-4-8-18-9-7-15-11-18/h7,9,11-12H,4-6,8,10H2,1-3H3,(H2,14,16,17). The molecule has 1 rings (SSSR count). The van der Waals surface area contributed by atoms with Crippen molar-refractivity contribution in [2.45, 2.75) is 32.4 Å². The fourth-order valence-electron chi connectivity index (χ4n) is 1.78. The molecule has 0 aliphatic carbocycles. The quantitative estimate of drug-likeness (QED) is 0.408. The topological polar surface area (TPSA) is 88.4 Å².